The van der Waals surface area contributed by atoms with Gasteiger partial charge in [-0.15, -0.1) is 0 Å². The Labute approximate surface area is 201 Å². The number of phenols is 2. The van der Waals surface area contributed by atoms with E-state index in [0.29, 0.717) is 11.5 Å². The molecular weight excluding hydrogens is 420 g/mol. The second-order valence-corrected chi connectivity index (χ2v) is 9.27. The molecule has 4 heteroatoms. The largest absolute Gasteiger partial charge is 0.507 e. The van der Waals surface area contributed by atoms with Gasteiger partial charge in [-0.05, 0) is 46.5 Å². The number of phenolic OH excluding ortho intramolecular Hbond substituents is 2. The van der Waals surface area contributed by atoms with Gasteiger partial charge < -0.3 is 20.0 Å². The molecule has 4 N–H and O–H groups in total. The van der Waals surface area contributed by atoms with Crippen molar-refractivity contribution in [3.63, 3.8) is 0 Å². The Balaban J connectivity index is 1.22. The predicted octanol–water partition coefficient (Wildman–Crippen LogP) is 2.92. The quantitative estimate of drug-likeness (QED) is 0.364. The number of aromatic hydroxyl groups is 2. The van der Waals surface area contributed by atoms with Gasteiger partial charge in [-0.2, -0.15) is 0 Å². The highest BCUT2D eigenvalue weighted by Crippen LogP contribution is 2.26. The van der Waals surface area contributed by atoms with Crippen LogP contribution in [0.5, 0.6) is 11.5 Å². The number of hydrogen-bond donors (Lipinski definition) is 4. The lowest BCUT2D eigenvalue weighted by atomic mass is 10.0. The summed E-state index contributed by atoms with van der Waals surface area (Å²) in [4.78, 5) is 2.98. The molecule has 0 radical (unpaired) electrons. The monoisotopic (exact) mass is 452 g/mol. The zero-order valence-electron chi connectivity index (χ0n) is 19.4. The maximum Gasteiger partial charge on any atom is 0.127 e. The third-order valence-electron chi connectivity index (χ3n) is 6.92. The highest BCUT2D eigenvalue weighted by molar-refractivity contribution is 5.66. The molecule has 1 saturated heterocycles. The highest BCUT2D eigenvalue weighted by atomic mass is 16.3. The number of quaternary nitrogens is 2. The van der Waals surface area contributed by atoms with E-state index in [2.05, 4.69) is 36.4 Å². The molecule has 0 bridgehead atoms. The molecule has 0 aromatic heterocycles. The molecule has 172 valence electrons. The molecule has 1 heterocycles. The molecule has 1 aliphatic rings. The number of nitrogens with one attached hydrogen (secondary N) is 2. The van der Waals surface area contributed by atoms with Crippen molar-refractivity contribution in [3.8, 4) is 33.8 Å². The average Bonchev–Trinajstić information content (AvgIpc) is 2.89. The van der Waals surface area contributed by atoms with Crippen LogP contribution in [0.3, 0.4) is 0 Å². The molecular formula is C30H32N2O2+2. The molecule has 4 aromatic carbocycles. The van der Waals surface area contributed by atoms with Crippen LogP contribution in [0.25, 0.3) is 22.3 Å². The summed E-state index contributed by atoms with van der Waals surface area (Å²) in [6.07, 6.45) is 0. The SMILES string of the molecule is Oc1ccc(-c2ccccc2)cc1C[NH+]1CC[NH+](Cc2cc(-c3ccccc3)ccc2O)CC1. The zero-order valence-corrected chi connectivity index (χ0v) is 19.4. The Hall–Kier alpha value is -3.60. The first-order valence-corrected chi connectivity index (χ1v) is 12.1. The Morgan fingerprint density at radius 2 is 0.853 bits per heavy atom. The Kier molecular flexibility index (Phi) is 6.61. The van der Waals surface area contributed by atoms with E-state index in [-0.39, 0.29) is 0 Å². The lowest BCUT2D eigenvalue weighted by molar-refractivity contribution is -1.02. The van der Waals surface area contributed by atoms with E-state index < -0.39 is 0 Å². The Morgan fingerprint density at radius 3 is 1.24 bits per heavy atom. The van der Waals surface area contributed by atoms with Crippen molar-refractivity contribution in [2.45, 2.75) is 13.1 Å². The molecule has 5 rings (SSSR count). The highest BCUT2D eigenvalue weighted by Gasteiger charge is 2.25. The molecule has 1 aliphatic heterocycles. The zero-order chi connectivity index (χ0) is 23.3. The van der Waals surface area contributed by atoms with Crippen LogP contribution in [-0.4, -0.2) is 36.4 Å². The lowest BCUT2D eigenvalue weighted by Crippen LogP contribution is -3.27. The van der Waals surface area contributed by atoms with Crippen LogP contribution in [0.4, 0.5) is 0 Å². The maximum atomic E-state index is 10.5. The normalized spacial score (nSPS) is 18.0. The third kappa shape index (κ3) is 5.14. The summed E-state index contributed by atoms with van der Waals surface area (Å²) >= 11 is 0. The van der Waals surface area contributed by atoms with E-state index in [0.717, 1.165) is 61.5 Å². The third-order valence-corrected chi connectivity index (χ3v) is 6.92. The van der Waals surface area contributed by atoms with Crippen LogP contribution < -0.4 is 9.80 Å². The number of benzene rings is 4. The van der Waals surface area contributed by atoms with Crippen molar-refractivity contribution in [1.82, 2.24) is 0 Å². The lowest BCUT2D eigenvalue weighted by Gasteiger charge is -2.30. The summed E-state index contributed by atoms with van der Waals surface area (Å²) < 4.78 is 0. The van der Waals surface area contributed by atoms with Gasteiger partial charge in [0.25, 0.3) is 0 Å². The van der Waals surface area contributed by atoms with Gasteiger partial charge in [-0.25, -0.2) is 0 Å². The molecule has 34 heavy (non-hydrogen) atoms. The molecule has 1 fully saturated rings. The van der Waals surface area contributed by atoms with Crippen molar-refractivity contribution in [2.24, 2.45) is 0 Å². The smallest absolute Gasteiger partial charge is 0.127 e. The van der Waals surface area contributed by atoms with Gasteiger partial charge in [0, 0.05) is 11.1 Å². The first-order chi connectivity index (χ1) is 16.7. The molecule has 0 saturated carbocycles. The molecule has 0 spiro atoms. The molecule has 0 amide bonds. The first-order valence-electron chi connectivity index (χ1n) is 12.1. The standard InChI is InChI=1S/C30H30N2O2/c33-29-13-11-25(23-7-3-1-4-8-23)19-27(29)21-31-15-17-32(18-16-31)22-28-20-26(12-14-30(28)34)24-9-5-2-6-10-24/h1-14,19-20,33-34H,15-18,21-22H2/p+2. The minimum atomic E-state index is 0.379. The van der Waals surface area contributed by atoms with Gasteiger partial charge in [-0.1, -0.05) is 72.8 Å². The van der Waals surface area contributed by atoms with Crippen LogP contribution in [0.15, 0.2) is 97.1 Å². The van der Waals surface area contributed by atoms with E-state index in [1.54, 1.807) is 0 Å². The minimum Gasteiger partial charge on any atom is -0.507 e. The molecule has 0 atom stereocenters. The number of hydrogen-bond acceptors (Lipinski definition) is 2. The van der Waals surface area contributed by atoms with Crippen molar-refractivity contribution >= 4 is 0 Å². The van der Waals surface area contributed by atoms with Gasteiger partial charge in [0.15, 0.2) is 0 Å². The van der Waals surface area contributed by atoms with E-state index in [4.69, 9.17) is 0 Å². The summed E-state index contributed by atoms with van der Waals surface area (Å²) in [6, 6.07) is 32.5. The van der Waals surface area contributed by atoms with E-state index >= 15 is 0 Å². The fourth-order valence-corrected chi connectivity index (χ4v) is 4.92. The molecule has 4 nitrogen and oxygen atoms in total. The summed E-state index contributed by atoms with van der Waals surface area (Å²) in [5, 5.41) is 20.9. The molecule has 4 aromatic rings. The second kappa shape index (κ2) is 10.1. The topological polar surface area (TPSA) is 49.3 Å². The first kappa shape index (κ1) is 22.2. The van der Waals surface area contributed by atoms with Crippen molar-refractivity contribution in [1.29, 1.82) is 0 Å². The second-order valence-electron chi connectivity index (χ2n) is 9.27. The van der Waals surface area contributed by atoms with Crippen LogP contribution in [0, 0.1) is 0 Å². The van der Waals surface area contributed by atoms with Gasteiger partial charge in [0.2, 0.25) is 0 Å². The Bertz CT molecular complexity index is 1130. The predicted molar refractivity (Wildman–Crippen MR) is 136 cm³/mol. The fraction of sp³-hybridized carbons (Fsp3) is 0.200. The van der Waals surface area contributed by atoms with Gasteiger partial charge in [0.05, 0.1) is 0 Å². The van der Waals surface area contributed by atoms with Crippen LogP contribution in [-0.2, 0) is 13.1 Å². The summed E-state index contributed by atoms with van der Waals surface area (Å²) in [5.41, 5.74) is 6.65. The summed E-state index contributed by atoms with van der Waals surface area (Å²) in [7, 11) is 0. The van der Waals surface area contributed by atoms with E-state index in [9.17, 15) is 10.2 Å². The van der Waals surface area contributed by atoms with Crippen molar-refractivity contribution < 1.29 is 20.0 Å². The minimum absolute atomic E-state index is 0.379. The number of piperazine rings is 1. The van der Waals surface area contributed by atoms with Gasteiger partial charge in [0.1, 0.15) is 50.8 Å². The van der Waals surface area contributed by atoms with Gasteiger partial charge in [-0.3, -0.25) is 0 Å². The number of rotatable bonds is 6. The van der Waals surface area contributed by atoms with Crippen LogP contribution in [0.1, 0.15) is 11.1 Å². The molecule has 0 aliphatic carbocycles. The summed E-state index contributed by atoms with van der Waals surface area (Å²) in [6.45, 7) is 5.84. The van der Waals surface area contributed by atoms with Gasteiger partial charge >= 0.3 is 0 Å². The molecule has 0 unspecified atom stereocenters. The van der Waals surface area contributed by atoms with E-state index in [1.807, 2.05) is 60.7 Å². The average molecular weight is 453 g/mol. The van der Waals surface area contributed by atoms with E-state index in [1.165, 1.54) is 20.9 Å². The summed E-state index contributed by atoms with van der Waals surface area (Å²) in [5.74, 6) is 0.759. The van der Waals surface area contributed by atoms with Crippen LogP contribution in [0.2, 0.25) is 0 Å². The van der Waals surface area contributed by atoms with Crippen molar-refractivity contribution in [3.05, 3.63) is 108 Å². The maximum absolute atomic E-state index is 10.5. The fourth-order valence-electron chi connectivity index (χ4n) is 4.92. The van der Waals surface area contributed by atoms with Crippen molar-refractivity contribution in [2.75, 3.05) is 26.2 Å². The Morgan fingerprint density at radius 1 is 0.471 bits per heavy atom. The van der Waals surface area contributed by atoms with Crippen LogP contribution >= 0.6 is 0 Å².